The van der Waals surface area contributed by atoms with Crippen LogP contribution in [0.25, 0.3) is 0 Å². The van der Waals surface area contributed by atoms with Crippen LogP contribution in [0.3, 0.4) is 0 Å². The fraction of sp³-hybridized carbons (Fsp3) is 0.688. The van der Waals surface area contributed by atoms with Crippen molar-refractivity contribution in [3.8, 4) is 0 Å². The van der Waals surface area contributed by atoms with E-state index in [1.165, 1.54) is 24.1 Å². The van der Waals surface area contributed by atoms with E-state index in [1.807, 2.05) is 11.3 Å². The maximum Gasteiger partial charge on any atom is 0.193 e. The minimum absolute atomic E-state index is 0. The van der Waals surface area contributed by atoms with Crippen molar-refractivity contribution >= 4 is 41.3 Å². The van der Waals surface area contributed by atoms with Crippen molar-refractivity contribution in [1.82, 2.24) is 10.2 Å². The maximum atomic E-state index is 4.63. The Morgan fingerprint density at radius 3 is 2.90 bits per heavy atom. The topological polar surface area (TPSA) is 27.6 Å². The number of hydrogen-bond acceptors (Lipinski definition) is 2. The van der Waals surface area contributed by atoms with Crippen LogP contribution >= 0.6 is 35.3 Å². The van der Waals surface area contributed by atoms with Crippen molar-refractivity contribution in [3.05, 3.63) is 22.4 Å². The molecule has 120 valence electrons. The summed E-state index contributed by atoms with van der Waals surface area (Å²) in [6.45, 7) is 6.24. The van der Waals surface area contributed by atoms with Gasteiger partial charge in [0.1, 0.15) is 0 Å². The van der Waals surface area contributed by atoms with Crippen molar-refractivity contribution in [2.75, 3.05) is 20.1 Å². The molecule has 1 aromatic rings. The average Bonchev–Trinajstić information content (AvgIpc) is 2.96. The van der Waals surface area contributed by atoms with E-state index >= 15 is 0 Å². The smallest absolute Gasteiger partial charge is 0.193 e. The van der Waals surface area contributed by atoms with Gasteiger partial charge in [0.2, 0.25) is 0 Å². The summed E-state index contributed by atoms with van der Waals surface area (Å²) in [5.74, 6) is 1.94. The number of thiophene rings is 1. The summed E-state index contributed by atoms with van der Waals surface area (Å²) in [7, 11) is 2.15. The van der Waals surface area contributed by atoms with Gasteiger partial charge in [-0.05, 0) is 43.6 Å². The zero-order valence-electron chi connectivity index (χ0n) is 13.3. The van der Waals surface area contributed by atoms with E-state index in [2.05, 4.69) is 53.6 Å². The van der Waals surface area contributed by atoms with Gasteiger partial charge in [-0.15, -0.1) is 35.3 Å². The molecule has 2 atom stereocenters. The first-order valence-electron chi connectivity index (χ1n) is 7.79. The SMILES string of the molecule is CCCC1CC1NC(=NCC)N(C)CCc1cccs1.I. The normalized spacial score (nSPS) is 20.8. The molecule has 21 heavy (non-hydrogen) atoms. The molecule has 1 heterocycles. The molecule has 1 N–H and O–H groups in total. The Morgan fingerprint density at radius 2 is 2.29 bits per heavy atom. The Morgan fingerprint density at radius 1 is 1.48 bits per heavy atom. The van der Waals surface area contributed by atoms with Crippen molar-refractivity contribution in [3.63, 3.8) is 0 Å². The number of rotatable bonds is 7. The maximum absolute atomic E-state index is 4.63. The average molecular weight is 421 g/mol. The summed E-state index contributed by atoms with van der Waals surface area (Å²) in [6.07, 6.45) is 5.05. The van der Waals surface area contributed by atoms with Crippen LogP contribution in [-0.4, -0.2) is 37.0 Å². The molecule has 1 aliphatic rings. The van der Waals surface area contributed by atoms with E-state index in [4.69, 9.17) is 0 Å². The lowest BCUT2D eigenvalue weighted by molar-refractivity contribution is 0.481. The monoisotopic (exact) mass is 421 g/mol. The zero-order valence-corrected chi connectivity index (χ0v) is 16.5. The van der Waals surface area contributed by atoms with Crippen LogP contribution in [0.4, 0.5) is 0 Å². The highest BCUT2D eigenvalue weighted by molar-refractivity contribution is 14.0. The molecule has 2 rings (SSSR count). The van der Waals surface area contributed by atoms with Crippen LogP contribution in [0, 0.1) is 5.92 Å². The molecular formula is C16H28IN3S. The molecule has 0 aromatic carbocycles. The lowest BCUT2D eigenvalue weighted by atomic mass is 10.2. The minimum atomic E-state index is 0. The zero-order chi connectivity index (χ0) is 14.4. The van der Waals surface area contributed by atoms with Gasteiger partial charge in [-0.1, -0.05) is 19.4 Å². The second kappa shape index (κ2) is 9.66. The molecule has 1 fully saturated rings. The quantitative estimate of drug-likeness (QED) is 0.410. The van der Waals surface area contributed by atoms with Gasteiger partial charge >= 0.3 is 0 Å². The third-order valence-corrected chi connectivity index (χ3v) is 4.78. The molecule has 0 aliphatic heterocycles. The molecule has 0 spiro atoms. The predicted octanol–water partition coefficient (Wildman–Crippen LogP) is 3.99. The van der Waals surface area contributed by atoms with Gasteiger partial charge < -0.3 is 10.2 Å². The fourth-order valence-corrected chi connectivity index (χ4v) is 3.24. The molecule has 1 saturated carbocycles. The number of aliphatic imine (C=N–C) groups is 1. The molecule has 1 aromatic heterocycles. The number of nitrogens with zero attached hydrogens (tertiary/aromatic N) is 2. The molecule has 2 unspecified atom stereocenters. The number of guanidine groups is 1. The van der Waals surface area contributed by atoms with Crippen molar-refractivity contribution < 1.29 is 0 Å². The van der Waals surface area contributed by atoms with E-state index < -0.39 is 0 Å². The van der Waals surface area contributed by atoms with E-state index in [-0.39, 0.29) is 24.0 Å². The first kappa shape index (κ1) is 18.7. The van der Waals surface area contributed by atoms with Gasteiger partial charge in [0.05, 0.1) is 0 Å². The number of likely N-dealkylation sites (N-methyl/N-ethyl adjacent to an activating group) is 1. The molecule has 0 amide bonds. The van der Waals surface area contributed by atoms with E-state index in [9.17, 15) is 0 Å². The van der Waals surface area contributed by atoms with Gasteiger partial charge in [-0.2, -0.15) is 0 Å². The Labute approximate surface area is 150 Å². The van der Waals surface area contributed by atoms with Gasteiger partial charge in [0.15, 0.2) is 5.96 Å². The highest BCUT2D eigenvalue weighted by atomic mass is 127. The molecular weight excluding hydrogens is 393 g/mol. The minimum Gasteiger partial charge on any atom is -0.353 e. The van der Waals surface area contributed by atoms with E-state index in [0.717, 1.165) is 31.4 Å². The first-order valence-corrected chi connectivity index (χ1v) is 8.67. The summed E-state index contributed by atoms with van der Waals surface area (Å²) < 4.78 is 0. The third-order valence-electron chi connectivity index (χ3n) is 3.84. The van der Waals surface area contributed by atoms with Crippen LogP contribution in [0.5, 0.6) is 0 Å². The van der Waals surface area contributed by atoms with Crippen LogP contribution in [0.1, 0.15) is 38.0 Å². The van der Waals surface area contributed by atoms with Crippen LogP contribution in [0.15, 0.2) is 22.5 Å². The van der Waals surface area contributed by atoms with Crippen molar-refractivity contribution in [1.29, 1.82) is 0 Å². The lowest BCUT2D eigenvalue weighted by Gasteiger charge is -2.22. The van der Waals surface area contributed by atoms with Gasteiger partial charge in [-0.3, -0.25) is 4.99 Å². The summed E-state index contributed by atoms with van der Waals surface area (Å²) in [5.41, 5.74) is 0. The number of hydrogen-bond donors (Lipinski definition) is 1. The fourth-order valence-electron chi connectivity index (χ4n) is 2.54. The largest absolute Gasteiger partial charge is 0.353 e. The Bertz CT molecular complexity index is 419. The van der Waals surface area contributed by atoms with Crippen molar-refractivity contribution in [2.24, 2.45) is 10.9 Å². The summed E-state index contributed by atoms with van der Waals surface area (Å²) in [6, 6.07) is 4.99. The van der Waals surface area contributed by atoms with Gasteiger partial charge in [0.25, 0.3) is 0 Å². The van der Waals surface area contributed by atoms with E-state index in [1.54, 1.807) is 0 Å². The van der Waals surface area contributed by atoms with Crippen LogP contribution in [0.2, 0.25) is 0 Å². The Hall–Kier alpha value is -0.300. The third kappa shape index (κ3) is 6.14. The molecule has 0 radical (unpaired) electrons. The molecule has 0 saturated heterocycles. The molecule has 1 aliphatic carbocycles. The summed E-state index contributed by atoms with van der Waals surface area (Å²) >= 11 is 1.84. The lowest BCUT2D eigenvalue weighted by Crippen LogP contribution is -2.41. The summed E-state index contributed by atoms with van der Waals surface area (Å²) in [4.78, 5) is 8.35. The second-order valence-corrected chi connectivity index (χ2v) is 6.62. The molecule has 3 nitrogen and oxygen atoms in total. The van der Waals surface area contributed by atoms with Crippen LogP contribution in [-0.2, 0) is 6.42 Å². The molecule has 0 bridgehead atoms. The Kier molecular flexibility index (Phi) is 8.63. The second-order valence-electron chi connectivity index (χ2n) is 5.58. The molecule has 5 heteroatoms. The van der Waals surface area contributed by atoms with Crippen LogP contribution < -0.4 is 5.32 Å². The van der Waals surface area contributed by atoms with Crippen molar-refractivity contribution in [2.45, 2.75) is 45.6 Å². The first-order chi connectivity index (χ1) is 9.74. The standard InChI is InChI=1S/C16H27N3S.HI/c1-4-7-13-12-15(13)18-16(17-5-2)19(3)10-9-14-8-6-11-20-14;/h6,8,11,13,15H,4-5,7,9-10,12H2,1-3H3,(H,17,18);1H. The highest BCUT2D eigenvalue weighted by Crippen LogP contribution is 2.34. The Balaban J connectivity index is 0.00000220. The number of halogens is 1. The van der Waals surface area contributed by atoms with Gasteiger partial charge in [0, 0.05) is 31.1 Å². The highest BCUT2D eigenvalue weighted by Gasteiger charge is 2.37. The predicted molar refractivity (Wildman–Crippen MR) is 104 cm³/mol. The number of nitrogens with one attached hydrogen (secondary N) is 1. The summed E-state index contributed by atoms with van der Waals surface area (Å²) in [5, 5.41) is 5.78. The van der Waals surface area contributed by atoms with Gasteiger partial charge in [-0.25, -0.2) is 0 Å². The van der Waals surface area contributed by atoms with E-state index in [0.29, 0.717) is 6.04 Å².